The van der Waals surface area contributed by atoms with Gasteiger partial charge in [0.05, 0.1) is 12.0 Å². The minimum atomic E-state index is 0.380. The molecule has 5 nitrogen and oxygen atoms in total. The zero-order valence-corrected chi connectivity index (χ0v) is 12.3. The molecule has 0 amide bonds. The minimum Gasteiger partial charge on any atom is -0.468 e. The normalized spacial score (nSPS) is 11.1. The van der Waals surface area contributed by atoms with Crippen molar-refractivity contribution < 1.29 is 13.3 Å². The molecule has 0 aliphatic heterocycles. The van der Waals surface area contributed by atoms with Gasteiger partial charge in [-0.25, -0.2) is 0 Å². The molecular formula is C12H9BrN2O3S. The van der Waals surface area contributed by atoms with Gasteiger partial charge in [0.1, 0.15) is 5.76 Å². The summed E-state index contributed by atoms with van der Waals surface area (Å²) >= 11 is 4.82. The van der Waals surface area contributed by atoms with E-state index in [4.69, 9.17) is 13.3 Å². The van der Waals surface area contributed by atoms with Crippen LogP contribution in [0.1, 0.15) is 11.7 Å². The summed E-state index contributed by atoms with van der Waals surface area (Å²) in [5.41, 5.74) is 0. The summed E-state index contributed by atoms with van der Waals surface area (Å²) in [4.78, 5) is 1.07. The van der Waals surface area contributed by atoms with Gasteiger partial charge < -0.3 is 13.3 Å². The van der Waals surface area contributed by atoms with Crippen molar-refractivity contribution in [3.63, 3.8) is 0 Å². The Balaban J connectivity index is 1.70. The fourth-order valence-corrected chi connectivity index (χ4v) is 2.61. The van der Waals surface area contributed by atoms with Gasteiger partial charge in [-0.1, -0.05) is 0 Å². The molecule has 3 aromatic heterocycles. The summed E-state index contributed by atoms with van der Waals surface area (Å²) in [5.74, 6) is 2.96. The van der Waals surface area contributed by atoms with Gasteiger partial charge in [-0.15, -0.1) is 22.0 Å². The number of furan rings is 2. The van der Waals surface area contributed by atoms with Crippen molar-refractivity contribution in [2.24, 2.45) is 0 Å². The first-order chi connectivity index (χ1) is 9.22. The molecule has 7 heteroatoms. The average Bonchev–Trinajstić information content (AvgIpc) is 3.08. The molecule has 0 saturated heterocycles. The molecule has 19 heavy (non-hydrogen) atoms. The van der Waals surface area contributed by atoms with Gasteiger partial charge in [0.15, 0.2) is 10.4 Å². The molecule has 0 spiro atoms. The van der Waals surface area contributed by atoms with Gasteiger partial charge in [0.2, 0.25) is 5.89 Å². The van der Waals surface area contributed by atoms with E-state index in [1.807, 2.05) is 13.0 Å². The smallest absolute Gasteiger partial charge is 0.283 e. The first-order valence-electron chi connectivity index (χ1n) is 5.47. The van der Waals surface area contributed by atoms with Crippen LogP contribution in [0.4, 0.5) is 0 Å². The Morgan fingerprint density at radius 1 is 1.21 bits per heavy atom. The maximum Gasteiger partial charge on any atom is 0.283 e. The van der Waals surface area contributed by atoms with Crippen LogP contribution in [-0.4, -0.2) is 10.2 Å². The van der Waals surface area contributed by atoms with Gasteiger partial charge in [0.25, 0.3) is 5.89 Å². The number of hydrogen-bond acceptors (Lipinski definition) is 6. The lowest BCUT2D eigenvalue weighted by molar-refractivity contribution is 0.486. The molecule has 0 aliphatic carbocycles. The SMILES string of the molecule is Cc1occc1SCc1nnc(-c2ccc(Br)o2)o1. The second-order valence-electron chi connectivity index (χ2n) is 3.73. The van der Waals surface area contributed by atoms with Crippen LogP contribution in [-0.2, 0) is 5.75 Å². The first kappa shape index (κ1) is 12.6. The highest BCUT2D eigenvalue weighted by Crippen LogP contribution is 2.28. The molecule has 3 aromatic rings. The van der Waals surface area contributed by atoms with Gasteiger partial charge >= 0.3 is 0 Å². The highest BCUT2D eigenvalue weighted by Gasteiger charge is 2.13. The molecule has 98 valence electrons. The Kier molecular flexibility index (Phi) is 3.48. The van der Waals surface area contributed by atoms with E-state index in [-0.39, 0.29) is 0 Å². The van der Waals surface area contributed by atoms with Crippen molar-refractivity contribution >= 4 is 27.7 Å². The lowest BCUT2D eigenvalue weighted by Crippen LogP contribution is -1.80. The number of aryl methyl sites for hydroxylation is 1. The van der Waals surface area contributed by atoms with Crippen LogP contribution in [0.25, 0.3) is 11.7 Å². The summed E-state index contributed by atoms with van der Waals surface area (Å²) in [7, 11) is 0. The molecule has 3 heterocycles. The van der Waals surface area contributed by atoms with E-state index < -0.39 is 0 Å². The zero-order chi connectivity index (χ0) is 13.2. The van der Waals surface area contributed by atoms with Crippen molar-refractivity contribution in [2.75, 3.05) is 0 Å². The van der Waals surface area contributed by atoms with Crippen LogP contribution in [0.3, 0.4) is 0 Å². The van der Waals surface area contributed by atoms with Crippen molar-refractivity contribution in [1.29, 1.82) is 0 Å². The standard InChI is InChI=1S/C12H9BrN2O3S/c1-7-9(4-5-16-7)19-6-11-14-15-12(18-11)8-2-3-10(13)17-8/h2-5H,6H2,1H3. The van der Waals surface area contributed by atoms with Crippen molar-refractivity contribution in [2.45, 2.75) is 17.6 Å². The van der Waals surface area contributed by atoms with Crippen molar-refractivity contribution in [3.05, 3.63) is 40.8 Å². The number of aromatic nitrogens is 2. The van der Waals surface area contributed by atoms with Crippen LogP contribution in [0.15, 0.2) is 47.3 Å². The summed E-state index contributed by atoms with van der Waals surface area (Å²) < 4.78 is 16.7. The highest BCUT2D eigenvalue weighted by atomic mass is 79.9. The van der Waals surface area contributed by atoms with Crippen LogP contribution in [0, 0.1) is 6.92 Å². The van der Waals surface area contributed by atoms with Crippen LogP contribution in [0.2, 0.25) is 0 Å². The van der Waals surface area contributed by atoms with E-state index in [1.165, 1.54) is 0 Å². The van der Waals surface area contributed by atoms with Crippen molar-refractivity contribution in [3.8, 4) is 11.7 Å². The minimum absolute atomic E-state index is 0.380. The third-order valence-corrected chi connectivity index (χ3v) is 3.97. The first-order valence-corrected chi connectivity index (χ1v) is 7.25. The number of nitrogens with zero attached hydrogens (tertiary/aromatic N) is 2. The number of halogens is 1. The third kappa shape index (κ3) is 2.76. The molecule has 0 unspecified atom stereocenters. The lowest BCUT2D eigenvalue weighted by atomic mass is 10.5. The van der Waals surface area contributed by atoms with Gasteiger partial charge in [-0.3, -0.25) is 0 Å². The average molecular weight is 341 g/mol. The quantitative estimate of drug-likeness (QED) is 0.660. The molecular weight excluding hydrogens is 332 g/mol. The maximum atomic E-state index is 5.53. The summed E-state index contributed by atoms with van der Waals surface area (Å²) in [6.07, 6.45) is 1.66. The summed E-state index contributed by atoms with van der Waals surface area (Å²) in [6, 6.07) is 5.47. The van der Waals surface area contributed by atoms with E-state index in [0.717, 1.165) is 10.7 Å². The Bertz CT molecular complexity index is 689. The van der Waals surface area contributed by atoms with Gasteiger partial charge in [0, 0.05) is 4.90 Å². The Labute approximate surface area is 121 Å². The fraction of sp³-hybridized carbons (Fsp3) is 0.167. The highest BCUT2D eigenvalue weighted by molar-refractivity contribution is 9.10. The second-order valence-corrected chi connectivity index (χ2v) is 5.53. The van der Waals surface area contributed by atoms with E-state index in [2.05, 4.69) is 26.1 Å². The third-order valence-electron chi connectivity index (χ3n) is 2.41. The second kappa shape index (κ2) is 5.26. The Morgan fingerprint density at radius 3 is 2.79 bits per heavy atom. The fourth-order valence-electron chi connectivity index (χ4n) is 1.50. The van der Waals surface area contributed by atoms with E-state index in [0.29, 0.717) is 28.0 Å². The lowest BCUT2D eigenvalue weighted by Gasteiger charge is -1.94. The predicted octanol–water partition coefficient (Wildman–Crippen LogP) is 4.29. The van der Waals surface area contributed by atoms with Gasteiger partial charge in [-0.05, 0) is 41.1 Å². The zero-order valence-electron chi connectivity index (χ0n) is 9.92. The Morgan fingerprint density at radius 2 is 2.11 bits per heavy atom. The summed E-state index contributed by atoms with van der Waals surface area (Å²) in [5, 5.41) is 7.94. The van der Waals surface area contributed by atoms with Crippen LogP contribution < -0.4 is 0 Å². The molecule has 0 bridgehead atoms. The van der Waals surface area contributed by atoms with Crippen LogP contribution in [0.5, 0.6) is 0 Å². The largest absolute Gasteiger partial charge is 0.468 e. The molecule has 0 aromatic carbocycles. The molecule has 3 rings (SSSR count). The topological polar surface area (TPSA) is 65.2 Å². The van der Waals surface area contributed by atoms with E-state index in [9.17, 15) is 0 Å². The number of rotatable bonds is 4. The predicted molar refractivity (Wildman–Crippen MR) is 72.7 cm³/mol. The monoisotopic (exact) mass is 340 g/mol. The maximum absolute atomic E-state index is 5.53. The number of thioether (sulfide) groups is 1. The van der Waals surface area contributed by atoms with Crippen LogP contribution >= 0.6 is 27.7 Å². The summed E-state index contributed by atoms with van der Waals surface area (Å²) in [6.45, 7) is 1.92. The molecule has 0 N–H and O–H groups in total. The van der Waals surface area contributed by atoms with E-state index >= 15 is 0 Å². The van der Waals surface area contributed by atoms with E-state index in [1.54, 1.807) is 30.2 Å². The molecule has 0 radical (unpaired) electrons. The number of hydrogen-bond donors (Lipinski definition) is 0. The van der Waals surface area contributed by atoms with Crippen molar-refractivity contribution in [1.82, 2.24) is 10.2 Å². The Hall–Kier alpha value is -1.47. The molecule has 0 saturated carbocycles. The molecule has 0 atom stereocenters. The molecule has 0 fully saturated rings. The molecule has 0 aliphatic rings. The van der Waals surface area contributed by atoms with Gasteiger partial charge in [-0.2, -0.15) is 0 Å².